The summed E-state index contributed by atoms with van der Waals surface area (Å²) < 4.78 is 3.48. The van der Waals surface area contributed by atoms with Gasteiger partial charge in [-0.25, -0.2) is 4.58 Å². The van der Waals surface area contributed by atoms with E-state index in [1.807, 2.05) is 11.3 Å². The van der Waals surface area contributed by atoms with Crippen LogP contribution in [0.15, 0.2) is 42.5 Å². The van der Waals surface area contributed by atoms with E-state index < -0.39 is 0 Å². The molecule has 0 fully saturated rings. The summed E-state index contributed by atoms with van der Waals surface area (Å²) >= 11 is 1.86. The van der Waals surface area contributed by atoms with Crippen LogP contribution in [0.5, 0.6) is 0 Å². The molecule has 0 atom stereocenters. The zero-order chi connectivity index (χ0) is 14.3. The quantitative estimate of drug-likeness (QED) is 0.202. The van der Waals surface area contributed by atoms with Crippen LogP contribution in [0, 0.1) is 0 Å². The van der Waals surface area contributed by atoms with E-state index in [9.17, 15) is 0 Å². The first-order valence-corrected chi connectivity index (χ1v) is 7.51. The van der Waals surface area contributed by atoms with E-state index in [1.165, 1.54) is 31.6 Å². The summed E-state index contributed by atoms with van der Waals surface area (Å²) in [6.07, 6.45) is 0. The maximum atomic E-state index is 2.28. The molecule has 0 N–H and O–H groups in total. The molecule has 1 aliphatic heterocycles. The minimum atomic E-state index is 0. The summed E-state index contributed by atoms with van der Waals surface area (Å²) in [6, 6.07) is 15.6. The number of benzene rings is 2. The average molecular weight is 455 g/mol. The molecule has 0 radical (unpaired) electrons. The summed E-state index contributed by atoms with van der Waals surface area (Å²) in [5.74, 6) is 0. The zero-order valence-electron chi connectivity index (χ0n) is 14.2. The maximum Gasteiger partial charge on any atom is 2.00 e. The van der Waals surface area contributed by atoms with Crippen LogP contribution in [0.25, 0.3) is 20.5 Å². The fraction of sp³-hybridized carbons (Fsp3) is 0.235. The van der Waals surface area contributed by atoms with E-state index >= 15 is 0 Å². The van der Waals surface area contributed by atoms with Gasteiger partial charge in [0.15, 0.2) is 0 Å². The first kappa shape index (κ1) is 25.9. The van der Waals surface area contributed by atoms with Crippen molar-refractivity contribution in [1.82, 2.24) is 4.58 Å². The number of hydrogen-bond acceptors (Lipinski definition) is 2. The Morgan fingerprint density at radius 3 is 2.12 bits per heavy atom. The van der Waals surface area contributed by atoms with Crippen molar-refractivity contribution in [3.63, 3.8) is 0 Å². The first-order valence-electron chi connectivity index (χ1n) is 6.70. The Balaban J connectivity index is 0. The molecule has 7 heteroatoms. The molecule has 24 heavy (non-hydrogen) atoms. The van der Waals surface area contributed by atoms with Gasteiger partial charge in [-0.2, -0.15) is 0 Å². The Bertz CT molecular complexity index is 830. The van der Waals surface area contributed by atoms with Crippen molar-refractivity contribution >= 4 is 27.1 Å². The van der Waals surface area contributed by atoms with Gasteiger partial charge < -0.3 is 42.1 Å². The Morgan fingerprint density at radius 1 is 0.875 bits per heavy atom. The van der Waals surface area contributed by atoms with Gasteiger partial charge in [0, 0.05) is 41.5 Å². The van der Waals surface area contributed by atoms with Gasteiger partial charge in [0.25, 0.3) is 0 Å². The van der Waals surface area contributed by atoms with Crippen LogP contribution in [0.4, 0.5) is 5.69 Å². The molecule has 0 unspecified atom stereocenters. The van der Waals surface area contributed by atoms with Gasteiger partial charge in [-0.05, 0) is 35.2 Å². The standard InChI is InChI=1S/C17H19N2S.3ClH.Zn/c1-18(2)14-7-5-12-9-13-6-8-15(19(3)4)11-17(13)20-16(12)10-14;;;;/h5-11H,1-4H3;3*1H;/q+1;;;;+2/p-3. The zero-order valence-corrected chi connectivity index (χ0v) is 20.2. The molecule has 1 aliphatic carbocycles. The molecule has 0 aromatic heterocycles. The number of fused-ring (bicyclic) bond motifs is 2. The van der Waals surface area contributed by atoms with Crippen LogP contribution >= 0.6 is 11.3 Å². The summed E-state index contributed by atoms with van der Waals surface area (Å²) in [4.78, 5) is 3.48. The van der Waals surface area contributed by atoms with Gasteiger partial charge in [-0.3, -0.25) is 0 Å². The topological polar surface area (TPSA) is 6.25 Å². The first-order chi connectivity index (χ1) is 9.54. The van der Waals surface area contributed by atoms with E-state index in [1.54, 1.807) is 0 Å². The SMILES string of the molecule is CN(C)c1ccc2cc3ccc(=[N+](C)C)cc-3sc2c1.[Cl-].[Cl-].[Cl-].[Zn+2]. The molecular weight excluding hydrogens is 436 g/mol. The van der Waals surface area contributed by atoms with Gasteiger partial charge in [0.1, 0.15) is 14.1 Å². The van der Waals surface area contributed by atoms with Crippen molar-refractivity contribution in [2.75, 3.05) is 33.1 Å². The van der Waals surface area contributed by atoms with Gasteiger partial charge in [0.05, 0.1) is 0 Å². The van der Waals surface area contributed by atoms with Crippen LogP contribution in [-0.4, -0.2) is 28.2 Å². The molecule has 0 bridgehead atoms. The summed E-state index contributed by atoms with van der Waals surface area (Å²) in [7, 11) is 8.32. The third-order valence-electron chi connectivity index (χ3n) is 3.56. The van der Waals surface area contributed by atoms with Crippen molar-refractivity contribution in [2.45, 2.75) is 0 Å². The van der Waals surface area contributed by atoms with Crippen LogP contribution in [0.1, 0.15) is 0 Å². The van der Waals surface area contributed by atoms with E-state index in [2.05, 4.69) is 80.1 Å². The normalized spacial score (nSPS) is 9.17. The molecule has 1 heterocycles. The monoisotopic (exact) mass is 452 g/mol. The van der Waals surface area contributed by atoms with Crippen molar-refractivity contribution < 1.29 is 56.7 Å². The predicted octanol–water partition coefficient (Wildman–Crippen LogP) is -5.89. The average Bonchev–Trinajstić information content (AvgIpc) is 2.43. The molecular formula is C17H19Cl3N2SZn. The van der Waals surface area contributed by atoms with Crippen molar-refractivity contribution in [1.29, 1.82) is 0 Å². The largest absolute Gasteiger partial charge is 2.00 e. The van der Waals surface area contributed by atoms with Crippen LogP contribution in [-0.2, 0) is 19.5 Å². The van der Waals surface area contributed by atoms with Crippen molar-refractivity contribution in [3.05, 3.63) is 47.8 Å². The molecule has 126 valence electrons. The van der Waals surface area contributed by atoms with Crippen molar-refractivity contribution in [3.8, 4) is 10.4 Å². The second-order valence-corrected chi connectivity index (χ2v) is 6.56. The molecule has 0 saturated carbocycles. The van der Waals surface area contributed by atoms with Crippen molar-refractivity contribution in [2.24, 2.45) is 0 Å². The molecule has 3 rings (SSSR count). The smallest absolute Gasteiger partial charge is 1.00 e. The Hall–Kier alpha value is -0.377. The van der Waals surface area contributed by atoms with Gasteiger partial charge in [-0.15, -0.1) is 11.3 Å². The predicted molar refractivity (Wildman–Crippen MR) is 89.9 cm³/mol. The second-order valence-electron chi connectivity index (χ2n) is 5.48. The fourth-order valence-corrected chi connectivity index (χ4v) is 3.39. The molecule has 1 aromatic carbocycles. The molecule has 0 saturated heterocycles. The summed E-state index contributed by atoms with van der Waals surface area (Å²) in [5, 5.41) is 2.56. The van der Waals surface area contributed by atoms with Gasteiger partial charge >= 0.3 is 19.5 Å². The second kappa shape index (κ2) is 10.6. The minimum absolute atomic E-state index is 0. The van der Waals surface area contributed by atoms with E-state index in [4.69, 9.17) is 0 Å². The maximum absolute atomic E-state index is 2.28. The number of hydrogen-bond donors (Lipinski definition) is 0. The molecule has 2 aliphatic rings. The van der Waals surface area contributed by atoms with E-state index in [-0.39, 0.29) is 56.7 Å². The van der Waals surface area contributed by atoms with Crippen LogP contribution in [0.3, 0.4) is 0 Å². The van der Waals surface area contributed by atoms with Crippen LogP contribution < -0.4 is 52.1 Å². The summed E-state index contributed by atoms with van der Waals surface area (Å²) in [5.41, 5.74) is 2.56. The minimum Gasteiger partial charge on any atom is -1.00 e. The third-order valence-corrected chi connectivity index (χ3v) is 4.70. The van der Waals surface area contributed by atoms with E-state index in [0.29, 0.717) is 0 Å². The van der Waals surface area contributed by atoms with E-state index in [0.717, 1.165) is 0 Å². The summed E-state index contributed by atoms with van der Waals surface area (Å²) in [6.45, 7) is 0. The third kappa shape index (κ3) is 5.31. The number of anilines is 1. The molecule has 0 spiro atoms. The molecule has 2 nitrogen and oxygen atoms in total. The van der Waals surface area contributed by atoms with Crippen LogP contribution in [0.2, 0.25) is 0 Å². The Morgan fingerprint density at radius 2 is 1.54 bits per heavy atom. The molecule has 1 aromatic rings. The van der Waals surface area contributed by atoms with Gasteiger partial charge in [0.2, 0.25) is 5.36 Å². The molecule has 0 amide bonds. The van der Waals surface area contributed by atoms with Gasteiger partial charge in [-0.1, -0.05) is 6.07 Å². The Kier molecular flexibility index (Phi) is 11.4. The number of halogens is 3. The Labute approximate surface area is 178 Å². The number of rotatable bonds is 1. The number of nitrogens with zero attached hydrogens (tertiary/aromatic N) is 2. The fourth-order valence-electron chi connectivity index (χ4n) is 2.30.